The summed E-state index contributed by atoms with van der Waals surface area (Å²) in [5.74, 6) is 0. The highest BCUT2D eigenvalue weighted by Crippen LogP contribution is 1.75. The van der Waals surface area contributed by atoms with Gasteiger partial charge in [-0.3, -0.25) is 0 Å². The molecule has 0 aliphatic rings. The maximum absolute atomic E-state index is 6.39. The highest BCUT2D eigenvalue weighted by atomic mass is 13.6. The summed E-state index contributed by atoms with van der Waals surface area (Å²) in [5.41, 5.74) is 0. The van der Waals surface area contributed by atoms with E-state index in [4.69, 9.17) is 6.92 Å². The van der Waals surface area contributed by atoms with Gasteiger partial charge in [0.1, 0.15) is 0 Å². The lowest BCUT2D eigenvalue weighted by molar-refractivity contribution is 1.05. The molecule has 0 heteroatoms. The van der Waals surface area contributed by atoms with Gasteiger partial charge in [-0.1, -0.05) is 13.3 Å². The average molecular weight is 54.1 g/mol. The first-order valence-corrected chi connectivity index (χ1v) is 1.35. The maximum atomic E-state index is 6.39. The fraction of sp³-hybridized carbons (Fsp3) is 0.500. The quantitative estimate of drug-likeness (QED) is 0.421. The summed E-state index contributed by atoms with van der Waals surface area (Å²) in [5, 5.41) is 0. The van der Waals surface area contributed by atoms with Gasteiger partial charge in [-0.2, -0.15) is 0 Å². The van der Waals surface area contributed by atoms with E-state index in [0.717, 1.165) is 6.42 Å². The summed E-state index contributed by atoms with van der Waals surface area (Å²) in [6.45, 7) is 9.81. The van der Waals surface area contributed by atoms with Crippen molar-refractivity contribution in [3.05, 3.63) is 13.8 Å². The Labute approximate surface area is 27.8 Å². The molecule has 0 N–H and O–H groups in total. The zero-order chi connectivity index (χ0) is 3.41. The van der Waals surface area contributed by atoms with E-state index in [0.29, 0.717) is 6.42 Å². The van der Waals surface area contributed by atoms with Gasteiger partial charge in [-0.05, 0) is 13.3 Å². The number of rotatable bonds is 1. The van der Waals surface area contributed by atoms with Crippen LogP contribution in [0.4, 0.5) is 0 Å². The van der Waals surface area contributed by atoms with Crippen molar-refractivity contribution in [1.29, 1.82) is 0 Å². The Hall–Kier alpha value is 0. The van der Waals surface area contributed by atoms with Crippen molar-refractivity contribution in [2.45, 2.75) is 12.8 Å². The van der Waals surface area contributed by atoms with Gasteiger partial charge in [0.25, 0.3) is 0 Å². The average Bonchev–Trinajstić information content (AvgIpc) is 1.37. The normalized spacial score (nSPS) is 7.50. The molecular weight excluding hydrogens is 48.0 g/mol. The Morgan fingerprint density at radius 3 is 2.00 bits per heavy atom. The fourth-order valence-corrected chi connectivity index (χ4v) is 0. The molecule has 0 amide bonds. The van der Waals surface area contributed by atoms with Crippen molar-refractivity contribution >= 4 is 0 Å². The lowest BCUT2D eigenvalue weighted by atomic mass is 10.4. The highest BCUT2D eigenvalue weighted by molar-refractivity contribution is 4.38. The van der Waals surface area contributed by atoms with E-state index in [1.165, 1.54) is 0 Å². The van der Waals surface area contributed by atoms with E-state index in [9.17, 15) is 0 Å². The Balaban J connectivity index is 1.97. The summed E-state index contributed by atoms with van der Waals surface area (Å²) in [6.07, 6.45) is 1.19. The van der Waals surface area contributed by atoms with Crippen molar-refractivity contribution in [2.24, 2.45) is 0 Å². The third kappa shape index (κ3) is 2.00. The van der Waals surface area contributed by atoms with Crippen molar-refractivity contribution in [3.8, 4) is 0 Å². The Morgan fingerprint density at radius 2 is 2.00 bits per heavy atom. The molecule has 0 bridgehead atoms. The second kappa shape index (κ2) is 3.00. The largest absolute Gasteiger partial charge is 0.0533 e. The van der Waals surface area contributed by atoms with Crippen LogP contribution in [0.5, 0.6) is 0 Å². The van der Waals surface area contributed by atoms with Crippen LogP contribution in [0.15, 0.2) is 0 Å². The molecule has 0 unspecified atom stereocenters. The molecule has 4 radical (unpaired) electrons. The smallest absolute Gasteiger partial charge is 0.00936 e. The standard InChI is InChI=1S/C4H6/c1-3-4-2/h1,3-4H2. The molecule has 0 atom stereocenters. The summed E-state index contributed by atoms with van der Waals surface area (Å²) in [6, 6.07) is 0. The van der Waals surface area contributed by atoms with Crippen molar-refractivity contribution in [2.75, 3.05) is 0 Å². The molecule has 0 saturated carbocycles. The lowest BCUT2D eigenvalue weighted by Crippen LogP contribution is -1.49. The van der Waals surface area contributed by atoms with Crippen LogP contribution in [0.1, 0.15) is 12.8 Å². The van der Waals surface area contributed by atoms with Gasteiger partial charge in [0, 0.05) is 0 Å². The lowest BCUT2D eigenvalue weighted by Gasteiger charge is -1.66. The summed E-state index contributed by atoms with van der Waals surface area (Å²) < 4.78 is 0. The summed E-state index contributed by atoms with van der Waals surface area (Å²) in [7, 11) is 0. The zero-order valence-electron chi connectivity index (χ0n) is 2.62. The molecule has 0 aliphatic heterocycles. The SMILES string of the molecule is [C]CC[CH2]. The molecule has 0 aromatic heterocycles. The first-order valence-electron chi connectivity index (χ1n) is 1.35. The first kappa shape index (κ1) is 4.00. The van der Waals surface area contributed by atoms with E-state index in [2.05, 4.69) is 6.92 Å². The summed E-state index contributed by atoms with van der Waals surface area (Å²) >= 11 is 0. The molecule has 0 rings (SSSR count). The van der Waals surface area contributed by atoms with E-state index in [1.54, 1.807) is 0 Å². The minimum Gasteiger partial charge on any atom is -0.0533 e. The van der Waals surface area contributed by atoms with Crippen molar-refractivity contribution in [1.82, 2.24) is 0 Å². The minimum absolute atomic E-state index is 0.458. The molecule has 0 aliphatic carbocycles. The van der Waals surface area contributed by atoms with Crippen LogP contribution >= 0.6 is 0 Å². The van der Waals surface area contributed by atoms with Crippen LogP contribution in [0.25, 0.3) is 0 Å². The van der Waals surface area contributed by atoms with Gasteiger partial charge in [0.05, 0.1) is 0 Å². The molecule has 0 heterocycles. The molecule has 0 fully saturated rings. The van der Waals surface area contributed by atoms with E-state index in [-0.39, 0.29) is 0 Å². The van der Waals surface area contributed by atoms with Crippen LogP contribution < -0.4 is 0 Å². The monoisotopic (exact) mass is 54.0 g/mol. The number of unbranched alkanes of at least 4 members (excludes halogenated alkanes) is 1. The fourth-order valence-electron chi connectivity index (χ4n) is 0. The van der Waals surface area contributed by atoms with E-state index in [1.807, 2.05) is 0 Å². The molecule has 0 nitrogen and oxygen atoms in total. The minimum atomic E-state index is 0.458. The van der Waals surface area contributed by atoms with Gasteiger partial charge in [0.2, 0.25) is 0 Å². The van der Waals surface area contributed by atoms with Gasteiger partial charge in [-0.15, -0.1) is 0 Å². The maximum Gasteiger partial charge on any atom is -0.00936 e. The molecule has 0 saturated heterocycles. The molecule has 0 aromatic rings. The number of hydrogen-bond donors (Lipinski definition) is 0. The van der Waals surface area contributed by atoms with Crippen LogP contribution in [-0.4, -0.2) is 0 Å². The molecule has 22 valence electrons. The summed E-state index contributed by atoms with van der Waals surface area (Å²) in [4.78, 5) is 0. The highest BCUT2D eigenvalue weighted by Gasteiger charge is 1.58. The second-order valence-corrected chi connectivity index (χ2v) is 0.604. The van der Waals surface area contributed by atoms with E-state index < -0.39 is 0 Å². The third-order valence-corrected chi connectivity index (χ3v) is 0.177. The Kier molecular flexibility index (Phi) is 3.00. The van der Waals surface area contributed by atoms with Crippen molar-refractivity contribution < 1.29 is 0 Å². The predicted molar refractivity (Wildman–Crippen MR) is 17.8 cm³/mol. The first-order chi connectivity index (χ1) is 1.91. The van der Waals surface area contributed by atoms with E-state index >= 15 is 0 Å². The van der Waals surface area contributed by atoms with Gasteiger partial charge in [-0.25, -0.2) is 0 Å². The zero-order valence-corrected chi connectivity index (χ0v) is 2.62. The third-order valence-electron chi connectivity index (χ3n) is 0.177. The number of hydrogen-bond acceptors (Lipinski definition) is 0. The topological polar surface area (TPSA) is 0 Å². The van der Waals surface area contributed by atoms with Crippen LogP contribution in [0, 0.1) is 13.8 Å². The molecular formula is C4H6. The van der Waals surface area contributed by atoms with Gasteiger partial charge < -0.3 is 0 Å². The van der Waals surface area contributed by atoms with Crippen LogP contribution in [0.2, 0.25) is 0 Å². The Bertz CT molecular complexity index is 2.00. The van der Waals surface area contributed by atoms with Gasteiger partial charge in [0.15, 0.2) is 0 Å². The predicted octanol–water partition coefficient (Wildman–Crippen LogP) is 1.19. The molecule has 0 aromatic carbocycles. The van der Waals surface area contributed by atoms with Crippen LogP contribution in [-0.2, 0) is 0 Å². The molecule has 0 spiro atoms. The van der Waals surface area contributed by atoms with Gasteiger partial charge >= 0.3 is 0 Å². The van der Waals surface area contributed by atoms with Crippen LogP contribution in [0.3, 0.4) is 0 Å². The second-order valence-electron chi connectivity index (χ2n) is 0.604. The Morgan fingerprint density at radius 1 is 1.75 bits per heavy atom. The molecule has 4 heavy (non-hydrogen) atoms. The van der Waals surface area contributed by atoms with Crippen molar-refractivity contribution in [3.63, 3.8) is 0 Å².